The first-order chi connectivity index (χ1) is 8.99. The van der Waals surface area contributed by atoms with Crippen LogP contribution in [0.15, 0.2) is 48.5 Å². The van der Waals surface area contributed by atoms with E-state index >= 15 is 0 Å². The maximum atomic E-state index is 8.76. The van der Waals surface area contributed by atoms with Crippen molar-refractivity contribution in [2.75, 3.05) is 0 Å². The van der Waals surface area contributed by atoms with Gasteiger partial charge in [0, 0.05) is 0 Å². The second-order valence-corrected chi connectivity index (χ2v) is 3.88. The summed E-state index contributed by atoms with van der Waals surface area (Å²) < 4.78 is 16.6. The van der Waals surface area contributed by atoms with Crippen molar-refractivity contribution in [2.45, 2.75) is 13.8 Å². The number of hydrogen-bond acceptors (Lipinski definition) is 4. The fourth-order valence-corrected chi connectivity index (χ4v) is 1.09. The van der Waals surface area contributed by atoms with Gasteiger partial charge in [-0.05, 0) is 38.1 Å². The summed E-state index contributed by atoms with van der Waals surface area (Å²) in [7, 11) is 0. The topological polar surface area (TPSA) is 74.6 Å². The summed E-state index contributed by atoms with van der Waals surface area (Å²) in [6, 6.07) is 14.2. The molecule has 0 aliphatic carbocycles. The Morgan fingerprint density at radius 3 is 1.05 bits per heavy atom. The van der Waals surface area contributed by atoms with Crippen LogP contribution in [-0.4, -0.2) is 18.6 Å². The Labute approximate surface area is 116 Å². The Balaban J connectivity index is 0.000000284. The second-order valence-electron chi connectivity index (χ2n) is 3.74. The van der Waals surface area contributed by atoms with Gasteiger partial charge < -0.3 is 10.2 Å². The van der Waals surface area contributed by atoms with E-state index in [1.54, 1.807) is 24.3 Å². The summed E-state index contributed by atoms with van der Waals surface area (Å²) in [6.07, 6.45) is 0. The van der Waals surface area contributed by atoms with Gasteiger partial charge in [0.2, 0.25) is 0 Å². The van der Waals surface area contributed by atoms with Crippen LogP contribution in [0.25, 0.3) is 0 Å². The van der Waals surface area contributed by atoms with E-state index in [0.29, 0.717) is 11.5 Å². The van der Waals surface area contributed by atoms with Crippen LogP contribution in [0, 0.1) is 13.8 Å². The zero-order chi connectivity index (χ0) is 14.7. The SMILES string of the molecule is Cc1ccc(O)cc1.Cc1ccc(O)cc1.O=S=O. The molecule has 0 saturated heterocycles. The smallest absolute Gasteiger partial charge is 0.335 e. The van der Waals surface area contributed by atoms with Gasteiger partial charge in [0.25, 0.3) is 0 Å². The van der Waals surface area contributed by atoms with Crippen molar-refractivity contribution in [3.8, 4) is 11.5 Å². The molecule has 102 valence electrons. The van der Waals surface area contributed by atoms with E-state index < -0.39 is 11.6 Å². The Bertz CT molecular complexity index is 414. The summed E-state index contributed by atoms with van der Waals surface area (Å²) in [5.41, 5.74) is 2.34. The highest BCUT2D eigenvalue weighted by atomic mass is 32.1. The molecule has 0 aliphatic rings. The van der Waals surface area contributed by atoms with Crippen molar-refractivity contribution >= 4 is 11.6 Å². The van der Waals surface area contributed by atoms with E-state index in [4.69, 9.17) is 18.6 Å². The molecule has 4 nitrogen and oxygen atoms in total. The molecule has 0 bridgehead atoms. The van der Waals surface area contributed by atoms with E-state index in [0.717, 1.165) is 0 Å². The third-order valence-electron chi connectivity index (χ3n) is 2.07. The maximum Gasteiger partial charge on any atom is 0.335 e. The summed E-state index contributed by atoms with van der Waals surface area (Å²) in [5, 5.41) is 17.5. The van der Waals surface area contributed by atoms with E-state index in [-0.39, 0.29) is 0 Å². The molecule has 0 unspecified atom stereocenters. The minimum atomic E-state index is -0.750. The number of benzene rings is 2. The second kappa shape index (κ2) is 9.85. The number of phenols is 2. The van der Waals surface area contributed by atoms with Crippen LogP contribution in [-0.2, 0) is 11.6 Å². The fraction of sp³-hybridized carbons (Fsp3) is 0.143. The lowest BCUT2D eigenvalue weighted by molar-refractivity contribution is 0.474. The molecular formula is C14H16O4S. The van der Waals surface area contributed by atoms with Gasteiger partial charge in [0.05, 0.1) is 0 Å². The number of phenolic OH excluding ortho intramolecular Hbond substituents is 2. The highest BCUT2D eigenvalue weighted by Gasteiger charge is 1.82. The van der Waals surface area contributed by atoms with Crippen LogP contribution in [0.2, 0.25) is 0 Å². The highest BCUT2D eigenvalue weighted by molar-refractivity contribution is 7.51. The van der Waals surface area contributed by atoms with Crippen LogP contribution in [0.4, 0.5) is 0 Å². The average Bonchev–Trinajstić information content (AvgIpc) is 2.38. The predicted molar refractivity (Wildman–Crippen MR) is 74.6 cm³/mol. The third kappa shape index (κ3) is 9.55. The first-order valence-electron chi connectivity index (χ1n) is 5.42. The zero-order valence-electron chi connectivity index (χ0n) is 10.7. The van der Waals surface area contributed by atoms with E-state index in [1.807, 2.05) is 38.1 Å². The van der Waals surface area contributed by atoms with Gasteiger partial charge in [0.1, 0.15) is 11.5 Å². The average molecular weight is 280 g/mol. The standard InChI is InChI=1S/2C7H8O.O2S/c2*1-6-2-4-7(8)5-3-6;1-3-2/h2*2-5,8H,1H3;. The van der Waals surface area contributed by atoms with Gasteiger partial charge in [-0.2, -0.15) is 8.42 Å². The molecule has 0 spiro atoms. The summed E-state index contributed by atoms with van der Waals surface area (Å²) in [4.78, 5) is 0. The molecule has 2 N–H and O–H groups in total. The molecule has 0 saturated carbocycles. The first kappa shape index (κ1) is 16.9. The van der Waals surface area contributed by atoms with Crippen LogP contribution < -0.4 is 0 Å². The zero-order valence-corrected chi connectivity index (χ0v) is 11.6. The van der Waals surface area contributed by atoms with E-state index in [9.17, 15) is 0 Å². The number of aryl methyl sites for hydroxylation is 2. The van der Waals surface area contributed by atoms with Crippen molar-refractivity contribution in [3.05, 3.63) is 59.7 Å². The number of rotatable bonds is 0. The van der Waals surface area contributed by atoms with Crippen LogP contribution in [0.1, 0.15) is 11.1 Å². The Morgan fingerprint density at radius 1 is 0.684 bits per heavy atom. The fourth-order valence-electron chi connectivity index (χ4n) is 1.09. The van der Waals surface area contributed by atoms with Crippen molar-refractivity contribution in [1.29, 1.82) is 0 Å². The minimum Gasteiger partial charge on any atom is -0.508 e. The molecule has 2 aromatic carbocycles. The van der Waals surface area contributed by atoms with Gasteiger partial charge in [-0.15, -0.1) is 0 Å². The van der Waals surface area contributed by atoms with Gasteiger partial charge in [-0.25, -0.2) is 0 Å². The molecule has 0 atom stereocenters. The molecule has 2 rings (SSSR count). The summed E-state index contributed by atoms with van der Waals surface area (Å²) in [5.74, 6) is 0.659. The lowest BCUT2D eigenvalue weighted by Crippen LogP contribution is -1.66. The molecule has 19 heavy (non-hydrogen) atoms. The van der Waals surface area contributed by atoms with Crippen molar-refractivity contribution < 1.29 is 18.6 Å². The first-order valence-corrected chi connectivity index (χ1v) is 6.09. The quantitative estimate of drug-likeness (QED) is 0.778. The highest BCUT2D eigenvalue weighted by Crippen LogP contribution is 2.08. The molecule has 0 aromatic heterocycles. The van der Waals surface area contributed by atoms with Crippen LogP contribution in [0.3, 0.4) is 0 Å². The van der Waals surface area contributed by atoms with Crippen LogP contribution in [0.5, 0.6) is 11.5 Å². The maximum absolute atomic E-state index is 8.76. The summed E-state index contributed by atoms with van der Waals surface area (Å²) >= 11 is -0.750. The third-order valence-corrected chi connectivity index (χ3v) is 2.07. The molecule has 0 fully saturated rings. The van der Waals surface area contributed by atoms with Crippen molar-refractivity contribution in [3.63, 3.8) is 0 Å². The largest absolute Gasteiger partial charge is 0.508 e. The Morgan fingerprint density at radius 2 is 0.895 bits per heavy atom. The monoisotopic (exact) mass is 280 g/mol. The number of aromatic hydroxyl groups is 2. The minimum absolute atomic E-state index is 0.329. The molecule has 0 heterocycles. The van der Waals surface area contributed by atoms with Gasteiger partial charge in [-0.1, -0.05) is 35.4 Å². The van der Waals surface area contributed by atoms with E-state index in [2.05, 4.69) is 0 Å². The lowest BCUT2D eigenvalue weighted by Gasteiger charge is -1.89. The normalized spacial score (nSPS) is 8.32. The summed E-state index contributed by atoms with van der Waals surface area (Å²) in [6.45, 7) is 3.97. The molecule has 0 radical (unpaired) electrons. The molecule has 0 amide bonds. The molecule has 5 heteroatoms. The van der Waals surface area contributed by atoms with Gasteiger partial charge in [0.15, 0.2) is 0 Å². The van der Waals surface area contributed by atoms with Gasteiger partial charge >= 0.3 is 11.6 Å². The molecule has 0 aliphatic heterocycles. The predicted octanol–water partition coefficient (Wildman–Crippen LogP) is 2.73. The number of hydrogen-bond donors (Lipinski definition) is 2. The van der Waals surface area contributed by atoms with Crippen molar-refractivity contribution in [1.82, 2.24) is 0 Å². The lowest BCUT2D eigenvalue weighted by atomic mass is 10.2. The Kier molecular flexibility index (Phi) is 8.74. The van der Waals surface area contributed by atoms with Crippen molar-refractivity contribution in [2.24, 2.45) is 0 Å². The van der Waals surface area contributed by atoms with Crippen LogP contribution >= 0.6 is 0 Å². The van der Waals surface area contributed by atoms with Gasteiger partial charge in [-0.3, -0.25) is 0 Å². The van der Waals surface area contributed by atoms with E-state index in [1.165, 1.54) is 11.1 Å². The molecule has 2 aromatic rings. The Hall–Kier alpha value is -2.14. The molecular weight excluding hydrogens is 264 g/mol.